The predicted molar refractivity (Wildman–Crippen MR) is 97.4 cm³/mol. The van der Waals surface area contributed by atoms with Gasteiger partial charge >= 0.3 is 17.9 Å². The molecular formula is C21H26O6. The van der Waals surface area contributed by atoms with Gasteiger partial charge in [0.1, 0.15) is 6.10 Å². The van der Waals surface area contributed by atoms with E-state index in [1.807, 2.05) is 12.2 Å². The van der Waals surface area contributed by atoms with Crippen molar-refractivity contribution in [1.29, 1.82) is 0 Å². The molecule has 27 heavy (non-hydrogen) atoms. The van der Waals surface area contributed by atoms with Crippen molar-refractivity contribution < 1.29 is 28.6 Å². The summed E-state index contributed by atoms with van der Waals surface area (Å²) in [5.74, 6) is -2.18. The highest BCUT2D eigenvalue weighted by molar-refractivity contribution is 6.04. The Morgan fingerprint density at radius 2 is 1.78 bits per heavy atom. The number of methoxy groups -OCH3 is 2. The van der Waals surface area contributed by atoms with Crippen LogP contribution in [0.5, 0.6) is 0 Å². The van der Waals surface area contributed by atoms with Crippen LogP contribution >= 0.6 is 0 Å². The van der Waals surface area contributed by atoms with Crippen molar-refractivity contribution in [3.8, 4) is 0 Å². The van der Waals surface area contributed by atoms with E-state index in [2.05, 4.69) is 6.08 Å². The van der Waals surface area contributed by atoms with E-state index in [0.29, 0.717) is 6.42 Å². The fraction of sp³-hybridized carbons (Fsp3) is 0.571. The summed E-state index contributed by atoms with van der Waals surface area (Å²) in [5, 5.41) is 0. The smallest absolute Gasteiger partial charge is 0.327 e. The zero-order valence-corrected chi connectivity index (χ0v) is 16.0. The molecule has 0 aromatic carbocycles. The third kappa shape index (κ3) is 3.33. The van der Waals surface area contributed by atoms with Crippen molar-refractivity contribution in [1.82, 2.24) is 0 Å². The van der Waals surface area contributed by atoms with Crippen LogP contribution < -0.4 is 0 Å². The van der Waals surface area contributed by atoms with Gasteiger partial charge in [-0.05, 0) is 49.3 Å². The molecule has 0 spiro atoms. The highest BCUT2D eigenvalue weighted by Crippen LogP contribution is 2.54. The third-order valence-electron chi connectivity index (χ3n) is 5.81. The Labute approximate surface area is 159 Å². The van der Waals surface area contributed by atoms with Crippen molar-refractivity contribution in [2.24, 2.45) is 17.3 Å². The first-order valence-corrected chi connectivity index (χ1v) is 9.38. The summed E-state index contributed by atoms with van der Waals surface area (Å²) in [6.07, 6.45) is 11.8. The molecule has 0 aliphatic heterocycles. The molecule has 0 amide bonds. The molecule has 6 heteroatoms. The summed E-state index contributed by atoms with van der Waals surface area (Å²) in [6, 6.07) is 0. The Balaban J connectivity index is 2.09. The van der Waals surface area contributed by atoms with Crippen molar-refractivity contribution >= 4 is 17.9 Å². The van der Waals surface area contributed by atoms with E-state index in [1.165, 1.54) is 26.7 Å². The summed E-state index contributed by atoms with van der Waals surface area (Å²) in [5.41, 5.74) is 0.653. The fourth-order valence-electron chi connectivity index (χ4n) is 4.64. The minimum absolute atomic E-state index is 0.112. The van der Waals surface area contributed by atoms with Crippen LogP contribution in [0.2, 0.25) is 0 Å². The largest absolute Gasteiger partial charge is 0.468 e. The SMILES string of the molecule is COC(=O)C1(C(=O)OC)C=C(C2=CCCCC2)[C@H]2C=C[C@H](OC(C)=O)C[C@H]21. The normalized spacial score (nSPS) is 28.5. The molecule has 146 valence electrons. The Morgan fingerprint density at radius 1 is 1.07 bits per heavy atom. The lowest BCUT2D eigenvalue weighted by atomic mass is 9.69. The van der Waals surface area contributed by atoms with E-state index in [-0.39, 0.29) is 5.92 Å². The van der Waals surface area contributed by atoms with Crippen LogP contribution in [0.25, 0.3) is 0 Å². The molecule has 0 N–H and O–H groups in total. The maximum Gasteiger partial charge on any atom is 0.327 e. The first-order valence-electron chi connectivity index (χ1n) is 9.38. The van der Waals surface area contributed by atoms with E-state index < -0.39 is 35.3 Å². The van der Waals surface area contributed by atoms with E-state index in [1.54, 1.807) is 6.08 Å². The second-order valence-corrected chi connectivity index (χ2v) is 7.33. The van der Waals surface area contributed by atoms with Gasteiger partial charge in [-0.1, -0.05) is 18.2 Å². The fourth-order valence-corrected chi connectivity index (χ4v) is 4.64. The molecule has 0 fully saturated rings. The lowest BCUT2D eigenvalue weighted by Crippen LogP contribution is -2.47. The first-order chi connectivity index (χ1) is 12.9. The molecule has 0 bridgehead atoms. The van der Waals surface area contributed by atoms with E-state index in [4.69, 9.17) is 14.2 Å². The van der Waals surface area contributed by atoms with Crippen LogP contribution in [-0.2, 0) is 28.6 Å². The van der Waals surface area contributed by atoms with Crippen molar-refractivity contribution in [2.45, 2.75) is 45.1 Å². The molecule has 3 aliphatic carbocycles. The summed E-state index contributed by atoms with van der Waals surface area (Å²) >= 11 is 0. The average molecular weight is 374 g/mol. The van der Waals surface area contributed by atoms with Gasteiger partial charge < -0.3 is 14.2 Å². The number of fused-ring (bicyclic) bond motifs is 1. The van der Waals surface area contributed by atoms with Gasteiger partial charge in [0.2, 0.25) is 0 Å². The van der Waals surface area contributed by atoms with Crippen LogP contribution in [0.4, 0.5) is 0 Å². The van der Waals surface area contributed by atoms with Gasteiger partial charge in [0.25, 0.3) is 0 Å². The quantitative estimate of drug-likeness (QED) is 0.326. The maximum absolute atomic E-state index is 12.8. The first kappa shape index (κ1) is 19.4. The number of allylic oxidation sites excluding steroid dienone is 4. The lowest BCUT2D eigenvalue weighted by Gasteiger charge is -2.36. The lowest BCUT2D eigenvalue weighted by molar-refractivity contribution is -0.170. The molecule has 3 aliphatic rings. The van der Waals surface area contributed by atoms with E-state index in [9.17, 15) is 14.4 Å². The van der Waals surface area contributed by atoms with Crippen molar-refractivity contribution in [2.75, 3.05) is 14.2 Å². The zero-order valence-electron chi connectivity index (χ0n) is 16.0. The number of carbonyl (C=O) groups excluding carboxylic acids is 3. The monoisotopic (exact) mass is 374 g/mol. The standard InChI is InChI=1S/C21H26O6/c1-13(22)27-15-9-10-16-17(14-7-5-4-6-8-14)12-21(18(16)11-15,19(23)25-2)20(24)26-3/h7,9-10,12,15-16,18H,4-6,8,11H2,1-3H3/t15-,16+,18+/m0/s1. The average Bonchev–Trinajstić information content (AvgIpc) is 3.02. The second kappa shape index (κ2) is 7.71. The topological polar surface area (TPSA) is 78.9 Å². The molecule has 3 rings (SSSR count). The second-order valence-electron chi connectivity index (χ2n) is 7.33. The number of rotatable bonds is 4. The highest BCUT2D eigenvalue weighted by Gasteiger charge is 2.61. The van der Waals surface area contributed by atoms with Crippen LogP contribution in [0.15, 0.2) is 35.5 Å². The number of ether oxygens (including phenoxy) is 3. The third-order valence-corrected chi connectivity index (χ3v) is 5.81. The van der Waals surface area contributed by atoms with Gasteiger partial charge in [-0.3, -0.25) is 14.4 Å². The number of carbonyl (C=O) groups is 3. The molecular weight excluding hydrogens is 348 g/mol. The maximum atomic E-state index is 12.8. The highest BCUT2D eigenvalue weighted by atomic mass is 16.5. The number of hydrogen-bond acceptors (Lipinski definition) is 6. The zero-order chi connectivity index (χ0) is 19.6. The van der Waals surface area contributed by atoms with Crippen LogP contribution in [-0.4, -0.2) is 38.2 Å². The van der Waals surface area contributed by atoms with Gasteiger partial charge in [0.15, 0.2) is 5.41 Å². The van der Waals surface area contributed by atoms with E-state index >= 15 is 0 Å². The Hall–Kier alpha value is -2.37. The predicted octanol–water partition coefficient (Wildman–Crippen LogP) is 2.88. The number of esters is 3. The van der Waals surface area contributed by atoms with E-state index in [0.717, 1.165) is 31.3 Å². The molecule has 0 saturated heterocycles. The Bertz CT molecular complexity index is 713. The molecule has 0 unspecified atom stereocenters. The van der Waals surface area contributed by atoms with Gasteiger partial charge in [-0.25, -0.2) is 0 Å². The summed E-state index contributed by atoms with van der Waals surface area (Å²) < 4.78 is 15.4. The van der Waals surface area contributed by atoms with Crippen molar-refractivity contribution in [3.63, 3.8) is 0 Å². The van der Waals surface area contributed by atoms with Crippen molar-refractivity contribution in [3.05, 3.63) is 35.5 Å². The summed E-state index contributed by atoms with van der Waals surface area (Å²) in [7, 11) is 2.55. The van der Waals surface area contributed by atoms with Gasteiger partial charge in [-0.15, -0.1) is 0 Å². The Morgan fingerprint density at radius 3 is 2.33 bits per heavy atom. The minimum Gasteiger partial charge on any atom is -0.468 e. The summed E-state index contributed by atoms with van der Waals surface area (Å²) in [6.45, 7) is 1.35. The van der Waals surface area contributed by atoms with Gasteiger partial charge in [0, 0.05) is 18.8 Å². The number of hydrogen-bond donors (Lipinski definition) is 0. The minimum atomic E-state index is -1.52. The summed E-state index contributed by atoms with van der Waals surface area (Å²) in [4.78, 5) is 37.1. The van der Waals surface area contributed by atoms with Crippen LogP contribution in [0.3, 0.4) is 0 Å². The van der Waals surface area contributed by atoms with Gasteiger partial charge in [-0.2, -0.15) is 0 Å². The van der Waals surface area contributed by atoms with Crippen LogP contribution in [0, 0.1) is 17.3 Å². The Kier molecular flexibility index (Phi) is 5.53. The molecule has 0 aromatic rings. The molecule has 0 aromatic heterocycles. The van der Waals surface area contributed by atoms with Gasteiger partial charge in [0.05, 0.1) is 14.2 Å². The molecule has 0 heterocycles. The molecule has 3 atom stereocenters. The molecule has 0 radical (unpaired) electrons. The molecule has 0 saturated carbocycles. The molecule has 6 nitrogen and oxygen atoms in total. The van der Waals surface area contributed by atoms with Crippen LogP contribution in [0.1, 0.15) is 39.0 Å².